The molecule has 0 bridgehead atoms. The van der Waals surface area contributed by atoms with Crippen molar-refractivity contribution >= 4 is 6.03 Å². The average molecular weight is 322 g/mol. The quantitative estimate of drug-likeness (QED) is 0.738. The monoisotopic (exact) mass is 321 g/mol. The van der Waals surface area contributed by atoms with Crippen LogP contribution in [-0.4, -0.2) is 66.0 Å². The molecular weight excluding hydrogens is 286 g/mol. The smallest absolute Gasteiger partial charge is 0.319 e. The predicted octanol–water partition coefficient (Wildman–Crippen LogP) is 3.57. The fraction of sp³-hybridized carbons (Fsp3) is 0.947. The van der Waals surface area contributed by atoms with Crippen LogP contribution in [0.3, 0.4) is 0 Å². The van der Waals surface area contributed by atoms with Crippen LogP contribution < -0.4 is 0 Å². The fourth-order valence-corrected chi connectivity index (χ4v) is 4.62. The standard InChI is InChI=1S/C19H35N3O/c1-17-8-7-13-22(16-17)18-9-14-21(15-10-18)19(23)20-11-5-3-2-4-6-12-20/h17-18H,2-16H2,1H3/t17-/m1/s1. The highest BCUT2D eigenvalue weighted by Crippen LogP contribution is 2.24. The number of amides is 2. The minimum Gasteiger partial charge on any atom is -0.325 e. The van der Waals surface area contributed by atoms with Crippen LogP contribution in [0.25, 0.3) is 0 Å². The number of piperidine rings is 2. The fourth-order valence-electron chi connectivity index (χ4n) is 4.62. The molecule has 3 fully saturated rings. The number of carbonyl (C=O) groups excluding carboxylic acids is 1. The van der Waals surface area contributed by atoms with E-state index in [4.69, 9.17) is 0 Å². The number of nitrogens with zero attached hydrogens (tertiary/aromatic N) is 3. The van der Waals surface area contributed by atoms with Gasteiger partial charge in [0.1, 0.15) is 0 Å². The van der Waals surface area contributed by atoms with E-state index in [9.17, 15) is 4.79 Å². The molecule has 3 saturated heterocycles. The van der Waals surface area contributed by atoms with Gasteiger partial charge in [0.15, 0.2) is 0 Å². The lowest BCUT2D eigenvalue weighted by molar-refractivity contribution is 0.0743. The third-order valence-electron chi connectivity index (χ3n) is 6.07. The van der Waals surface area contributed by atoms with Crippen LogP contribution in [0.4, 0.5) is 4.79 Å². The largest absolute Gasteiger partial charge is 0.325 e. The first-order valence-electron chi connectivity index (χ1n) is 10.0. The van der Waals surface area contributed by atoms with E-state index in [1.54, 1.807) is 0 Å². The van der Waals surface area contributed by atoms with Gasteiger partial charge in [0.05, 0.1) is 0 Å². The van der Waals surface area contributed by atoms with E-state index in [1.807, 2.05) is 0 Å². The average Bonchev–Trinajstić information content (AvgIpc) is 2.54. The van der Waals surface area contributed by atoms with Crippen LogP contribution in [0.1, 0.15) is 64.7 Å². The van der Waals surface area contributed by atoms with Crippen molar-refractivity contribution in [3.05, 3.63) is 0 Å². The van der Waals surface area contributed by atoms with Crippen molar-refractivity contribution in [3.8, 4) is 0 Å². The maximum atomic E-state index is 12.8. The maximum Gasteiger partial charge on any atom is 0.319 e. The van der Waals surface area contributed by atoms with Crippen LogP contribution in [0.2, 0.25) is 0 Å². The van der Waals surface area contributed by atoms with Gasteiger partial charge in [-0.05, 0) is 51.0 Å². The van der Waals surface area contributed by atoms with Gasteiger partial charge < -0.3 is 9.80 Å². The summed E-state index contributed by atoms with van der Waals surface area (Å²) in [4.78, 5) is 19.7. The van der Waals surface area contributed by atoms with Gasteiger partial charge in [0.2, 0.25) is 0 Å². The minimum atomic E-state index is 0.317. The van der Waals surface area contributed by atoms with E-state index in [-0.39, 0.29) is 0 Å². The molecule has 3 rings (SSSR count). The third-order valence-corrected chi connectivity index (χ3v) is 6.07. The Labute approximate surface area is 142 Å². The minimum absolute atomic E-state index is 0.317. The van der Waals surface area contributed by atoms with Crippen molar-refractivity contribution in [1.29, 1.82) is 0 Å². The number of likely N-dealkylation sites (tertiary alicyclic amines) is 3. The summed E-state index contributed by atoms with van der Waals surface area (Å²) < 4.78 is 0. The summed E-state index contributed by atoms with van der Waals surface area (Å²) in [7, 11) is 0. The summed E-state index contributed by atoms with van der Waals surface area (Å²) in [6.45, 7) is 8.80. The second kappa shape index (κ2) is 8.36. The van der Waals surface area contributed by atoms with Gasteiger partial charge in [-0.2, -0.15) is 0 Å². The van der Waals surface area contributed by atoms with Gasteiger partial charge in [0.25, 0.3) is 0 Å². The van der Waals surface area contributed by atoms with E-state index in [0.717, 1.165) is 32.1 Å². The molecule has 0 unspecified atom stereocenters. The second-order valence-electron chi connectivity index (χ2n) is 8.00. The summed E-state index contributed by atoms with van der Waals surface area (Å²) in [5.41, 5.74) is 0. The summed E-state index contributed by atoms with van der Waals surface area (Å²) in [5.74, 6) is 0.851. The zero-order valence-corrected chi connectivity index (χ0v) is 15.0. The van der Waals surface area contributed by atoms with Crippen molar-refractivity contribution in [2.45, 2.75) is 70.8 Å². The summed E-state index contributed by atoms with van der Waals surface area (Å²) >= 11 is 0. The molecule has 0 N–H and O–H groups in total. The SMILES string of the molecule is C[C@@H]1CCCN(C2CCN(C(=O)N3CCCCCCC3)CC2)C1. The number of rotatable bonds is 1. The zero-order chi connectivity index (χ0) is 16.1. The third kappa shape index (κ3) is 4.62. The Kier molecular flexibility index (Phi) is 6.21. The Morgan fingerprint density at radius 2 is 1.35 bits per heavy atom. The molecule has 0 saturated carbocycles. The lowest BCUT2D eigenvalue weighted by Gasteiger charge is -2.42. The lowest BCUT2D eigenvalue weighted by atomic mass is 9.95. The van der Waals surface area contributed by atoms with E-state index in [2.05, 4.69) is 21.6 Å². The molecule has 4 heteroatoms. The molecule has 1 atom stereocenters. The molecule has 23 heavy (non-hydrogen) atoms. The molecule has 0 aliphatic carbocycles. The highest BCUT2D eigenvalue weighted by Gasteiger charge is 2.30. The van der Waals surface area contributed by atoms with E-state index in [1.165, 1.54) is 70.9 Å². The predicted molar refractivity (Wildman–Crippen MR) is 94.6 cm³/mol. The van der Waals surface area contributed by atoms with Crippen molar-refractivity contribution in [2.24, 2.45) is 5.92 Å². The lowest BCUT2D eigenvalue weighted by Crippen LogP contribution is -2.52. The maximum absolute atomic E-state index is 12.8. The molecule has 3 aliphatic rings. The molecule has 132 valence electrons. The van der Waals surface area contributed by atoms with Crippen molar-refractivity contribution in [3.63, 3.8) is 0 Å². The zero-order valence-electron chi connectivity index (χ0n) is 15.0. The highest BCUT2D eigenvalue weighted by molar-refractivity contribution is 5.74. The summed E-state index contributed by atoms with van der Waals surface area (Å²) in [6.07, 6.45) is 11.4. The topological polar surface area (TPSA) is 26.8 Å². The van der Waals surface area contributed by atoms with Gasteiger partial charge >= 0.3 is 6.03 Å². The van der Waals surface area contributed by atoms with Crippen molar-refractivity contribution in [2.75, 3.05) is 39.3 Å². The molecule has 0 aromatic carbocycles. The first-order valence-corrected chi connectivity index (χ1v) is 10.0. The normalized spacial score (nSPS) is 29.2. The number of hydrogen-bond donors (Lipinski definition) is 0. The molecular formula is C19H35N3O. The Hall–Kier alpha value is -0.770. The summed E-state index contributed by atoms with van der Waals surface area (Å²) in [6, 6.07) is 1.03. The Morgan fingerprint density at radius 3 is 2.00 bits per heavy atom. The van der Waals surface area contributed by atoms with Crippen LogP contribution >= 0.6 is 0 Å². The van der Waals surface area contributed by atoms with Gasteiger partial charge in [-0.15, -0.1) is 0 Å². The van der Waals surface area contributed by atoms with Crippen LogP contribution in [0.15, 0.2) is 0 Å². The van der Waals surface area contributed by atoms with Gasteiger partial charge in [-0.1, -0.05) is 26.2 Å². The molecule has 0 aromatic heterocycles. The molecule has 3 heterocycles. The Balaban J connectivity index is 1.46. The molecule has 0 radical (unpaired) electrons. The van der Waals surface area contributed by atoms with Gasteiger partial charge in [-0.3, -0.25) is 4.90 Å². The number of urea groups is 1. The van der Waals surface area contributed by atoms with E-state index < -0.39 is 0 Å². The second-order valence-corrected chi connectivity index (χ2v) is 8.00. The molecule has 0 aromatic rings. The van der Waals surface area contributed by atoms with Crippen LogP contribution in [0.5, 0.6) is 0 Å². The Morgan fingerprint density at radius 1 is 0.739 bits per heavy atom. The molecule has 4 nitrogen and oxygen atoms in total. The summed E-state index contributed by atoms with van der Waals surface area (Å²) in [5, 5.41) is 0. The Bertz CT molecular complexity index is 371. The van der Waals surface area contributed by atoms with Crippen LogP contribution in [0, 0.1) is 5.92 Å². The van der Waals surface area contributed by atoms with Crippen LogP contribution in [-0.2, 0) is 0 Å². The van der Waals surface area contributed by atoms with E-state index >= 15 is 0 Å². The van der Waals surface area contributed by atoms with Gasteiger partial charge in [0, 0.05) is 38.8 Å². The number of hydrogen-bond acceptors (Lipinski definition) is 2. The molecule has 3 aliphatic heterocycles. The van der Waals surface area contributed by atoms with Gasteiger partial charge in [-0.25, -0.2) is 4.79 Å². The van der Waals surface area contributed by atoms with Crippen molar-refractivity contribution in [1.82, 2.24) is 14.7 Å². The van der Waals surface area contributed by atoms with Crippen molar-refractivity contribution < 1.29 is 4.79 Å². The highest BCUT2D eigenvalue weighted by atomic mass is 16.2. The van der Waals surface area contributed by atoms with E-state index in [0.29, 0.717) is 12.1 Å². The number of carbonyl (C=O) groups is 1. The molecule has 2 amide bonds. The first kappa shape index (κ1) is 17.1. The first-order chi connectivity index (χ1) is 11.2. The molecule has 0 spiro atoms.